The van der Waals surface area contributed by atoms with Gasteiger partial charge in [0.15, 0.2) is 0 Å². The van der Waals surface area contributed by atoms with Gasteiger partial charge in [-0.15, -0.1) is 0 Å². The molecule has 0 spiro atoms. The molecule has 0 fully saturated rings. The van der Waals surface area contributed by atoms with Gasteiger partial charge in [0, 0.05) is 65.2 Å². The molecule has 5 aliphatic rings. The lowest BCUT2D eigenvalue weighted by Crippen LogP contribution is -2.35. The standard InChI is InChI=1S/C17H16F3NO.C16H17NO2/c1-10-8-14(17(18,19)20)13-9-11-4-2-6-21-7-3-5-12(15(11)21)16(13)22-10;1-10-8-12-9-11-4-2-6-17-7-3-5-13(14(11)17)15(12)19-16(10)18/h8-9H,1-7H2;8-9H,2-7H2,1H3. The minimum Gasteiger partial charge on any atom is -0.457 e. The number of alkyl halides is 3. The van der Waals surface area contributed by atoms with Crippen molar-refractivity contribution in [3.8, 4) is 5.75 Å². The SMILES string of the molecule is C=C1C=C(C(F)(F)F)c2cc3c4c(c2O1)CCCN4CCC3.Cc1cc2cc3c4c(c2oc1=O)CCCN4CCC3. The molecule has 41 heavy (non-hydrogen) atoms. The molecule has 0 atom stereocenters. The number of hydrogen-bond acceptors (Lipinski definition) is 5. The highest BCUT2D eigenvalue weighted by atomic mass is 19.4. The van der Waals surface area contributed by atoms with Crippen LogP contribution >= 0.6 is 0 Å². The van der Waals surface area contributed by atoms with Gasteiger partial charge >= 0.3 is 11.8 Å². The minimum absolute atomic E-state index is 0.0592. The van der Waals surface area contributed by atoms with Gasteiger partial charge in [0.1, 0.15) is 17.1 Å². The van der Waals surface area contributed by atoms with Gasteiger partial charge in [-0.05, 0) is 93.7 Å². The first-order valence-electron chi connectivity index (χ1n) is 14.6. The van der Waals surface area contributed by atoms with Crippen molar-refractivity contribution in [3.05, 3.63) is 80.4 Å². The van der Waals surface area contributed by atoms with E-state index in [1.165, 1.54) is 23.2 Å². The summed E-state index contributed by atoms with van der Waals surface area (Å²) in [6.45, 7) is 9.64. The molecule has 0 radical (unpaired) electrons. The topological polar surface area (TPSA) is 45.9 Å². The Hall–Kier alpha value is -3.68. The second-order valence-electron chi connectivity index (χ2n) is 11.8. The van der Waals surface area contributed by atoms with E-state index in [4.69, 9.17) is 9.15 Å². The molecule has 5 aliphatic heterocycles. The molecular weight excluding hydrogens is 529 g/mol. The molecule has 1 aromatic heterocycles. The van der Waals surface area contributed by atoms with E-state index in [0.717, 1.165) is 105 Å². The van der Waals surface area contributed by atoms with Crippen LogP contribution in [0.4, 0.5) is 24.5 Å². The highest BCUT2D eigenvalue weighted by molar-refractivity contribution is 5.89. The molecular formula is C33H33F3N2O3. The molecule has 0 saturated heterocycles. The van der Waals surface area contributed by atoms with Crippen LogP contribution in [0, 0.1) is 6.92 Å². The van der Waals surface area contributed by atoms with Crippen LogP contribution in [0.3, 0.4) is 0 Å². The first kappa shape index (κ1) is 26.2. The van der Waals surface area contributed by atoms with Crippen molar-refractivity contribution < 1.29 is 22.3 Å². The summed E-state index contributed by atoms with van der Waals surface area (Å²) >= 11 is 0. The Morgan fingerprint density at radius 1 is 0.829 bits per heavy atom. The number of rotatable bonds is 0. The van der Waals surface area contributed by atoms with Gasteiger partial charge < -0.3 is 19.0 Å². The van der Waals surface area contributed by atoms with E-state index in [2.05, 4.69) is 22.4 Å². The highest BCUT2D eigenvalue weighted by Crippen LogP contribution is 2.50. The number of hydrogen-bond donors (Lipinski definition) is 0. The molecule has 0 N–H and O–H groups in total. The lowest BCUT2D eigenvalue weighted by Gasteiger charge is -2.39. The predicted octanol–water partition coefficient (Wildman–Crippen LogP) is 7.04. The van der Waals surface area contributed by atoms with E-state index >= 15 is 0 Å². The number of fused-ring (bicyclic) bond motifs is 4. The summed E-state index contributed by atoms with van der Waals surface area (Å²) in [5.41, 5.74) is 7.96. The zero-order valence-electron chi connectivity index (χ0n) is 23.3. The average molecular weight is 563 g/mol. The number of nitrogens with zero attached hydrogens (tertiary/aromatic N) is 2. The third kappa shape index (κ3) is 4.43. The van der Waals surface area contributed by atoms with Crippen molar-refractivity contribution in [2.45, 2.75) is 64.5 Å². The van der Waals surface area contributed by atoms with Gasteiger partial charge in [0.25, 0.3) is 0 Å². The van der Waals surface area contributed by atoms with E-state index in [-0.39, 0.29) is 16.9 Å². The Morgan fingerprint density at radius 2 is 1.41 bits per heavy atom. The quantitative estimate of drug-likeness (QED) is 0.275. The molecule has 8 rings (SSSR count). The van der Waals surface area contributed by atoms with Gasteiger partial charge in [0.2, 0.25) is 0 Å². The lowest BCUT2D eigenvalue weighted by molar-refractivity contribution is -0.0694. The summed E-state index contributed by atoms with van der Waals surface area (Å²) in [5, 5.41) is 1.09. The summed E-state index contributed by atoms with van der Waals surface area (Å²) in [6.07, 6.45) is 4.70. The van der Waals surface area contributed by atoms with Gasteiger partial charge in [0.05, 0.1) is 5.57 Å². The maximum Gasteiger partial charge on any atom is 0.417 e. The summed E-state index contributed by atoms with van der Waals surface area (Å²) in [5.74, 6) is 0.425. The molecule has 8 heteroatoms. The van der Waals surface area contributed by atoms with Gasteiger partial charge in [-0.1, -0.05) is 6.58 Å². The fourth-order valence-corrected chi connectivity index (χ4v) is 7.33. The second-order valence-corrected chi connectivity index (χ2v) is 11.8. The average Bonchev–Trinajstić information content (AvgIpc) is 2.95. The van der Waals surface area contributed by atoms with Crippen molar-refractivity contribution in [3.63, 3.8) is 0 Å². The first-order chi connectivity index (χ1) is 19.7. The van der Waals surface area contributed by atoms with Crippen molar-refractivity contribution in [2.75, 3.05) is 36.0 Å². The maximum atomic E-state index is 13.4. The van der Waals surface area contributed by atoms with Crippen LogP contribution in [0.15, 0.2) is 45.8 Å². The zero-order chi connectivity index (χ0) is 28.5. The summed E-state index contributed by atoms with van der Waals surface area (Å²) in [6, 6.07) is 5.88. The monoisotopic (exact) mass is 562 g/mol. The second kappa shape index (κ2) is 9.71. The van der Waals surface area contributed by atoms with Crippen LogP contribution in [-0.4, -0.2) is 32.4 Å². The molecule has 0 unspecified atom stereocenters. The van der Waals surface area contributed by atoms with E-state index < -0.39 is 11.7 Å². The van der Waals surface area contributed by atoms with Crippen LogP contribution in [0.25, 0.3) is 16.5 Å². The fraction of sp³-hybridized carbons (Fsp3) is 0.424. The summed E-state index contributed by atoms with van der Waals surface area (Å²) in [4.78, 5) is 16.5. The number of halogens is 3. The normalized spacial score (nSPS) is 18.9. The zero-order valence-corrected chi connectivity index (χ0v) is 23.3. The van der Waals surface area contributed by atoms with Crippen molar-refractivity contribution in [1.29, 1.82) is 0 Å². The van der Waals surface area contributed by atoms with Gasteiger partial charge in [-0.2, -0.15) is 13.2 Å². The molecule has 2 aromatic carbocycles. The minimum atomic E-state index is -4.40. The third-order valence-electron chi connectivity index (χ3n) is 9.00. The smallest absolute Gasteiger partial charge is 0.417 e. The van der Waals surface area contributed by atoms with Gasteiger partial charge in [-0.25, -0.2) is 4.79 Å². The maximum absolute atomic E-state index is 13.4. The number of ether oxygens (including phenoxy) is 1. The molecule has 214 valence electrons. The van der Waals surface area contributed by atoms with Crippen molar-refractivity contribution >= 4 is 27.9 Å². The highest BCUT2D eigenvalue weighted by Gasteiger charge is 2.41. The van der Waals surface area contributed by atoms with Crippen LogP contribution in [0.1, 0.15) is 59.1 Å². The fourth-order valence-electron chi connectivity index (χ4n) is 7.33. The van der Waals surface area contributed by atoms with E-state index in [0.29, 0.717) is 11.3 Å². The number of allylic oxidation sites excluding steroid dienone is 2. The third-order valence-corrected chi connectivity index (χ3v) is 9.00. The molecule has 0 amide bonds. The van der Waals surface area contributed by atoms with Crippen LogP contribution in [-0.2, 0) is 25.7 Å². The Balaban J connectivity index is 0.000000136. The Morgan fingerprint density at radius 3 is 2.07 bits per heavy atom. The van der Waals surface area contributed by atoms with Crippen molar-refractivity contribution in [1.82, 2.24) is 0 Å². The number of aryl methyl sites for hydroxylation is 4. The Kier molecular flexibility index (Phi) is 6.21. The van der Waals surface area contributed by atoms with Crippen LogP contribution in [0.5, 0.6) is 5.75 Å². The van der Waals surface area contributed by atoms with Gasteiger partial charge in [-0.3, -0.25) is 0 Å². The number of anilines is 2. The Bertz CT molecular complexity index is 1680. The van der Waals surface area contributed by atoms with Crippen LogP contribution < -0.4 is 20.2 Å². The lowest BCUT2D eigenvalue weighted by atomic mass is 9.86. The Labute approximate surface area is 236 Å². The summed E-state index contributed by atoms with van der Waals surface area (Å²) < 4.78 is 51.3. The molecule has 3 aromatic rings. The largest absolute Gasteiger partial charge is 0.457 e. The predicted molar refractivity (Wildman–Crippen MR) is 155 cm³/mol. The molecule has 0 aliphatic carbocycles. The first-order valence-corrected chi connectivity index (χ1v) is 14.6. The van der Waals surface area contributed by atoms with E-state index in [1.807, 2.05) is 13.0 Å². The molecule has 5 nitrogen and oxygen atoms in total. The van der Waals surface area contributed by atoms with E-state index in [1.54, 1.807) is 6.07 Å². The van der Waals surface area contributed by atoms with Crippen molar-refractivity contribution in [2.24, 2.45) is 0 Å². The van der Waals surface area contributed by atoms with E-state index in [9.17, 15) is 18.0 Å². The molecule has 0 bridgehead atoms. The summed E-state index contributed by atoms with van der Waals surface area (Å²) in [7, 11) is 0. The number of benzene rings is 2. The molecule has 0 saturated carbocycles. The van der Waals surface area contributed by atoms with Crippen LogP contribution in [0.2, 0.25) is 0 Å². The molecule has 6 heterocycles.